The van der Waals surface area contributed by atoms with Crippen molar-refractivity contribution in [3.05, 3.63) is 23.0 Å². The normalized spacial score (nSPS) is 31.4. The van der Waals surface area contributed by atoms with E-state index in [4.69, 9.17) is 10.2 Å². The smallest absolute Gasteiger partial charge is 0.164 e. The van der Waals surface area contributed by atoms with Gasteiger partial charge in [0.05, 0.1) is 6.04 Å². The minimum absolute atomic E-state index is 0.0215. The van der Waals surface area contributed by atoms with Gasteiger partial charge in [0.15, 0.2) is 11.5 Å². The van der Waals surface area contributed by atoms with Crippen LogP contribution in [0.5, 0.6) is 11.5 Å². The molecule has 0 spiro atoms. The molecule has 2 aromatic rings. The van der Waals surface area contributed by atoms with E-state index in [1.807, 2.05) is 0 Å². The first-order valence-electron chi connectivity index (χ1n) is 9.41. The maximum atomic E-state index is 10.2. The number of hydrogen-bond acceptors (Lipinski definition) is 4. The topological polar surface area (TPSA) is 79.6 Å². The third kappa shape index (κ3) is 2.16. The summed E-state index contributed by atoms with van der Waals surface area (Å²) >= 11 is 0. The Morgan fingerprint density at radius 2 is 1.88 bits per heavy atom. The number of aryl methyl sites for hydroxylation is 1. The Kier molecular flexibility index (Phi) is 3.46. The van der Waals surface area contributed by atoms with Crippen molar-refractivity contribution in [1.29, 1.82) is 0 Å². The van der Waals surface area contributed by atoms with Gasteiger partial charge in [0.1, 0.15) is 11.3 Å². The molecule has 3 atom stereocenters. The van der Waals surface area contributed by atoms with Crippen molar-refractivity contribution in [2.45, 2.75) is 71.3 Å². The summed E-state index contributed by atoms with van der Waals surface area (Å²) in [5, 5.41) is 21.3. The van der Waals surface area contributed by atoms with Crippen molar-refractivity contribution in [2.75, 3.05) is 0 Å². The van der Waals surface area contributed by atoms with Crippen LogP contribution < -0.4 is 5.73 Å². The van der Waals surface area contributed by atoms with Crippen molar-refractivity contribution in [2.24, 2.45) is 17.1 Å². The van der Waals surface area contributed by atoms with Gasteiger partial charge in [0, 0.05) is 16.5 Å². The molecule has 136 valence electrons. The number of fused-ring (bicyclic) bond motifs is 5. The standard InChI is InChI=1S/C21H29NO3/c1-11-17(24)14(23)10-12-16-19(25-18(11)12)13(22)6-7-15-20(2,3)8-5-9-21(15,16)4/h10,13,15,23-24H,5-9,22H2,1-4H3/t13?,15-,21-/m1/s1. The summed E-state index contributed by atoms with van der Waals surface area (Å²) in [7, 11) is 0. The van der Waals surface area contributed by atoms with Gasteiger partial charge in [0.25, 0.3) is 0 Å². The van der Waals surface area contributed by atoms with Gasteiger partial charge in [-0.3, -0.25) is 0 Å². The highest BCUT2D eigenvalue weighted by atomic mass is 16.3. The summed E-state index contributed by atoms with van der Waals surface area (Å²) in [4.78, 5) is 0. The first-order valence-corrected chi connectivity index (χ1v) is 9.41. The lowest BCUT2D eigenvalue weighted by molar-refractivity contribution is 0.0503. The highest BCUT2D eigenvalue weighted by Gasteiger charge is 2.51. The van der Waals surface area contributed by atoms with E-state index >= 15 is 0 Å². The molecule has 0 saturated heterocycles. The molecule has 0 radical (unpaired) electrons. The minimum atomic E-state index is -0.135. The van der Waals surface area contributed by atoms with Gasteiger partial charge >= 0.3 is 0 Å². The summed E-state index contributed by atoms with van der Waals surface area (Å²) in [6, 6.07) is 1.53. The first-order chi connectivity index (χ1) is 11.7. The average molecular weight is 343 g/mol. The van der Waals surface area contributed by atoms with Crippen LogP contribution in [-0.4, -0.2) is 10.2 Å². The monoisotopic (exact) mass is 343 g/mol. The molecule has 0 amide bonds. The summed E-state index contributed by atoms with van der Waals surface area (Å²) < 4.78 is 6.24. The molecule has 0 bridgehead atoms. The molecule has 1 unspecified atom stereocenters. The van der Waals surface area contributed by atoms with Crippen molar-refractivity contribution >= 4 is 11.0 Å². The second-order valence-electron chi connectivity index (χ2n) is 9.08. The third-order valence-corrected chi connectivity index (χ3v) is 7.10. The van der Waals surface area contributed by atoms with Crippen LogP contribution in [0, 0.1) is 18.3 Å². The Balaban J connectivity index is 2.07. The number of rotatable bonds is 0. The van der Waals surface area contributed by atoms with E-state index in [0.717, 1.165) is 30.4 Å². The molecule has 2 aliphatic carbocycles. The summed E-state index contributed by atoms with van der Waals surface area (Å²) in [5.74, 6) is 1.20. The Morgan fingerprint density at radius 1 is 1.16 bits per heavy atom. The molecule has 4 rings (SSSR count). The number of furan rings is 1. The molecule has 4 nitrogen and oxygen atoms in total. The molecule has 1 fully saturated rings. The van der Waals surface area contributed by atoms with Crippen molar-refractivity contribution in [3.63, 3.8) is 0 Å². The number of nitrogens with two attached hydrogens (primary N) is 1. The molecular weight excluding hydrogens is 314 g/mol. The van der Waals surface area contributed by atoms with Gasteiger partial charge in [-0.2, -0.15) is 0 Å². The number of phenols is 2. The number of phenolic OH excluding ortho intramolecular Hbond substituents is 2. The van der Waals surface area contributed by atoms with Crippen molar-refractivity contribution in [3.8, 4) is 11.5 Å². The zero-order valence-electron chi connectivity index (χ0n) is 15.6. The fourth-order valence-corrected chi connectivity index (χ4v) is 5.84. The zero-order valence-corrected chi connectivity index (χ0v) is 15.6. The maximum absolute atomic E-state index is 10.2. The van der Waals surface area contributed by atoms with Gasteiger partial charge in [-0.15, -0.1) is 0 Å². The maximum Gasteiger partial charge on any atom is 0.164 e. The molecule has 4 N–H and O–H groups in total. The Hall–Kier alpha value is -1.68. The van der Waals surface area contributed by atoms with E-state index in [1.54, 1.807) is 13.0 Å². The van der Waals surface area contributed by atoms with Crippen LogP contribution in [0.3, 0.4) is 0 Å². The largest absolute Gasteiger partial charge is 0.504 e. The van der Waals surface area contributed by atoms with E-state index < -0.39 is 0 Å². The molecule has 1 aromatic carbocycles. The van der Waals surface area contributed by atoms with Crippen LogP contribution in [0.15, 0.2) is 10.5 Å². The second kappa shape index (κ2) is 5.16. The van der Waals surface area contributed by atoms with Gasteiger partial charge in [0.2, 0.25) is 0 Å². The second-order valence-corrected chi connectivity index (χ2v) is 9.08. The lowest BCUT2D eigenvalue weighted by Crippen LogP contribution is -2.44. The van der Waals surface area contributed by atoms with E-state index in [-0.39, 0.29) is 28.4 Å². The number of aromatic hydroxyl groups is 2. The molecule has 4 heteroatoms. The summed E-state index contributed by atoms with van der Waals surface area (Å²) in [6.45, 7) is 8.89. The van der Waals surface area contributed by atoms with Crippen LogP contribution in [0.25, 0.3) is 11.0 Å². The predicted molar refractivity (Wildman–Crippen MR) is 98.9 cm³/mol. The van der Waals surface area contributed by atoms with E-state index in [2.05, 4.69) is 20.8 Å². The van der Waals surface area contributed by atoms with Crippen LogP contribution in [0.1, 0.15) is 75.8 Å². The molecule has 1 aromatic heterocycles. The SMILES string of the molecule is Cc1c(O)c(O)cc2c3c(oc12)C(N)CC[C@@H]1C(C)(C)CCC[C@@]31C. The Bertz CT molecular complexity index is 851. The zero-order chi connectivity index (χ0) is 18.1. The van der Waals surface area contributed by atoms with Gasteiger partial charge < -0.3 is 20.4 Å². The lowest BCUT2D eigenvalue weighted by atomic mass is 9.53. The number of hydrogen-bond donors (Lipinski definition) is 3. The predicted octanol–water partition coefficient (Wildman–Crippen LogP) is 5.03. The van der Waals surface area contributed by atoms with Crippen LogP contribution >= 0.6 is 0 Å². The van der Waals surface area contributed by atoms with Gasteiger partial charge in [-0.25, -0.2) is 0 Å². The highest BCUT2D eigenvalue weighted by Crippen LogP contribution is 2.59. The Labute approximate surface area is 149 Å². The molecule has 25 heavy (non-hydrogen) atoms. The molecular formula is C21H29NO3. The molecule has 0 aliphatic heterocycles. The fourth-order valence-electron chi connectivity index (χ4n) is 5.84. The lowest BCUT2D eigenvalue weighted by Gasteiger charge is -2.50. The molecule has 1 heterocycles. The first kappa shape index (κ1) is 16.8. The quantitative estimate of drug-likeness (QED) is 0.586. The van der Waals surface area contributed by atoms with Crippen LogP contribution in [0.4, 0.5) is 0 Å². The fraction of sp³-hybridized carbons (Fsp3) is 0.619. The van der Waals surface area contributed by atoms with E-state index in [0.29, 0.717) is 17.1 Å². The van der Waals surface area contributed by atoms with Gasteiger partial charge in [-0.05, 0) is 55.4 Å². The van der Waals surface area contributed by atoms with E-state index in [9.17, 15) is 10.2 Å². The van der Waals surface area contributed by atoms with E-state index in [1.165, 1.54) is 18.4 Å². The van der Waals surface area contributed by atoms with Crippen molar-refractivity contribution in [1.82, 2.24) is 0 Å². The highest BCUT2D eigenvalue weighted by molar-refractivity contribution is 5.90. The molecule has 1 saturated carbocycles. The summed E-state index contributed by atoms with van der Waals surface area (Å²) in [6.07, 6.45) is 5.53. The third-order valence-electron chi connectivity index (χ3n) is 7.10. The van der Waals surface area contributed by atoms with Crippen LogP contribution in [-0.2, 0) is 5.41 Å². The molecule has 2 aliphatic rings. The van der Waals surface area contributed by atoms with Gasteiger partial charge in [-0.1, -0.05) is 27.2 Å². The Morgan fingerprint density at radius 3 is 2.60 bits per heavy atom. The van der Waals surface area contributed by atoms with Crippen LogP contribution in [0.2, 0.25) is 0 Å². The average Bonchev–Trinajstić information content (AvgIpc) is 2.86. The summed E-state index contributed by atoms with van der Waals surface area (Å²) in [5.41, 5.74) is 9.18. The minimum Gasteiger partial charge on any atom is -0.504 e. The van der Waals surface area contributed by atoms with Crippen molar-refractivity contribution < 1.29 is 14.6 Å². The number of benzene rings is 1.